The smallest absolute Gasteiger partial charge is 0.184 e. The summed E-state index contributed by atoms with van der Waals surface area (Å²) in [7, 11) is 0. The number of fused-ring (bicyclic) bond motifs is 1. The first-order chi connectivity index (χ1) is 8.33. The van der Waals surface area contributed by atoms with Gasteiger partial charge in [0, 0.05) is 10.4 Å². The van der Waals surface area contributed by atoms with Crippen LogP contribution in [-0.2, 0) is 14.2 Å². The molecule has 0 amide bonds. The van der Waals surface area contributed by atoms with E-state index in [0.717, 1.165) is 18.6 Å². The van der Waals surface area contributed by atoms with Gasteiger partial charge in [-0.15, -0.1) is 0 Å². The Labute approximate surface area is 109 Å². The summed E-state index contributed by atoms with van der Waals surface area (Å²) in [6, 6.07) is 10.0. The van der Waals surface area contributed by atoms with E-state index in [9.17, 15) is 0 Å². The van der Waals surface area contributed by atoms with Gasteiger partial charge in [0.25, 0.3) is 0 Å². The fourth-order valence-corrected chi connectivity index (χ4v) is 2.79. The van der Waals surface area contributed by atoms with Crippen LogP contribution in [0.2, 0.25) is 0 Å². The summed E-state index contributed by atoms with van der Waals surface area (Å²) >= 11 is 3.58. The summed E-state index contributed by atoms with van der Waals surface area (Å²) < 4.78 is 17.4. The highest BCUT2D eigenvalue weighted by Gasteiger charge is 2.37. The Bertz CT molecular complexity index is 370. The normalized spacial score (nSPS) is 37.5. The molecule has 2 heterocycles. The van der Waals surface area contributed by atoms with Crippen LogP contribution in [0.15, 0.2) is 30.3 Å². The Hall–Kier alpha value is -0.420. The van der Waals surface area contributed by atoms with Gasteiger partial charge in [-0.05, 0) is 6.42 Å². The van der Waals surface area contributed by atoms with Gasteiger partial charge in [-0.1, -0.05) is 46.3 Å². The highest BCUT2D eigenvalue weighted by atomic mass is 79.9. The number of ether oxygens (including phenoxy) is 3. The van der Waals surface area contributed by atoms with Gasteiger partial charge in [-0.3, -0.25) is 0 Å². The van der Waals surface area contributed by atoms with Crippen molar-refractivity contribution in [2.45, 2.75) is 29.7 Å². The molecule has 3 rings (SSSR count). The number of benzene rings is 1. The first-order valence-corrected chi connectivity index (χ1v) is 6.82. The van der Waals surface area contributed by atoms with Crippen molar-refractivity contribution in [1.82, 2.24) is 0 Å². The third kappa shape index (κ3) is 2.55. The lowest BCUT2D eigenvalue weighted by Crippen LogP contribution is -2.47. The zero-order chi connectivity index (χ0) is 11.7. The van der Waals surface area contributed by atoms with Gasteiger partial charge in [0.05, 0.1) is 19.3 Å². The lowest BCUT2D eigenvalue weighted by Gasteiger charge is -2.40. The van der Waals surface area contributed by atoms with E-state index >= 15 is 0 Å². The van der Waals surface area contributed by atoms with Crippen molar-refractivity contribution in [2.75, 3.05) is 13.2 Å². The van der Waals surface area contributed by atoms with E-state index in [1.54, 1.807) is 0 Å². The highest BCUT2D eigenvalue weighted by Crippen LogP contribution is 2.33. The largest absolute Gasteiger partial charge is 0.372 e. The third-order valence-corrected chi connectivity index (χ3v) is 3.81. The maximum atomic E-state index is 5.97. The molecule has 0 saturated carbocycles. The molecule has 0 aliphatic carbocycles. The second-order valence-electron chi connectivity index (χ2n) is 4.46. The summed E-state index contributed by atoms with van der Waals surface area (Å²) in [4.78, 5) is 0.387. The molecule has 1 unspecified atom stereocenters. The summed E-state index contributed by atoms with van der Waals surface area (Å²) in [5.41, 5.74) is 1.07. The summed E-state index contributed by atoms with van der Waals surface area (Å²) in [5, 5.41) is 0. The molecule has 2 saturated heterocycles. The maximum Gasteiger partial charge on any atom is 0.184 e. The van der Waals surface area contributed by atoms with Gasteiger partial charge in [0.2, 0.25) is 0 Å². The van der Waals surface area contributed by atoms with Gasteiger partial charge >= 0.3 is 0 Å². The number of halogens is 1. The van der Waals surface area contributed by atoms with E-state index in [0.29, 0.717) is 11.4 Å². The highest BCUT2D eigenvalue weighted by molar-refractivity contribution is 9.09. The fraction of sp³-hybridized carbons (Fsp3) is 0.538. The Morgan fingerprint density at radius 2 is 1.82 bits per heavy atom. The number of rotatable bonds is 1. The van der Waals surface area contributed by atoms with Gasteiger partial charge in [-0.2, -0.15) is 0 Å². The van der Waals surface area contributed by atoms with Gasteiger partial charge in [0.15, 0.2) is 6.29 Å². The summed E-state index contributed by atoms with van der Waals surface area (Å²) in [6.07, 6.45) is 0.951. The van der Waals surface area contributed by atoms with Gasteiger partial charge < -0.3 is 14.2 Å². The molecular formula is C13H15BrO3. The minimum Gasteiger partial charge on any atom is -0.372 e. The third-order valence-electron chi connectivity index (χ3n) is 3.18. The number of hydrogen-bond donors (Lipinski definition) is 0. The maximum absolute atomic E-state index is 5.97. The predicted molar refractivity (Wildman–Crippen MR) is 67.1 cm³/mol. The van der Waals surface area contributed by atoms with Crippen molar-refractivity contribution in [3.05, 3.63) is 35.9 Å². The second-order valence-corrected chi connectivity index (χ2v) is 5.75. The molecule has 92 valence electrons. The summed E-state index contributed by atoms with van der Waals surface area (Å²) in [6.45, 7) is 1.35. The monoisotopic (exact) mass is 298 g/mol. The van der Waals surface area contributed by atoms with Crippen LogP contribution in [0.5, 0.6) is 0 Å². The molecule has 1 aromatic carbocycles. The predicted octanol–water partition coefficient (Wildman–Crippen LogP) is 2.65. The zero-order valence-electron chi connectivity index (χ0n) is 9.42. The molecule has 0 spiro atoms. The number of alkyl halides is 1. The average Bonchev–Trinajstić information content (AvgIpc) is 2.39. The van der Waals surface area contributed by atoms with Crippen LogP contribution >= 0.6 is 15.9 Å². The lowest BCUT2D eigenvalue weighted by molar-refractivity contribution is -0.276. The molecule has 4 atom stereocenters. The average molecular weight is 299 g/mol. The van der Waals surface area contributed by atoms with Gasteiger partial charge in [0.1, 0.15) is 6.10 Å². The van der Waals surface area contributed by atoms with E-state index in [4.69, 9.17) is 14.2 Å². The molecule has 2 aliphatic heterocycles. The van der Waals surface area contributed by atoms with Crippen LogP contribution in [0.1, 0.15) is 18.3 Å². The first-order valence-electron chi connectivity index (χ1n) is 5.90. The van der Waals surface area contributed by atoms with Gasteiger partial charge in [-0.25, -0.2) is 0 Å². The molecule has 0 radical (unpaired) electrons. The van der Waals surface area contributed by atoms with Crippen molar-refractivity contribution < 1.29 is 14.2 Å². The van der Waals surface area contributed by atoms with Crippen LogP contribution in [0.4, 0.5) is 0 Å². The SMILES string of the molecule is Br[C@@H]1CO[C@@H]2COC(c3ccccc3)O[C@@H]2C1. The molecule has 0 bridgehead atoms. The van der Waals surface area contributed by atoms with E-state index < -0.39 is 0 Å². The van der Waals surface area contributed by atoms with Crippen molar-refractivity contribution in [2.24, 2.45) is 0 Å². The minimum absolute atomic E-state index is 0.0868. The van der Waals surface area contributed by atoms with Crippen LogP contribution in [0.3, 0.4) is 0 Å². The molecule has 17 heavy (non-hydrogen) atoms. The Morgan fingerprint density at radius 3 is 2.65 bits per heavy atom. The van der Waals surface area contributed by atoms with E-state index in [1.165, 1.54) is 0 Å². The van der Waals surface area contributed by atoms with Crippen LogP contribution in [0.25, 0.3) is 0 Å². The molecule has 3 nitrogen and oxygen atoms in total. The molecule has 1 aromatic rings. The Kier molecular flexibility index (Phi) is 3.47. The van der Waals surface area contributed by atoms with Crippen LogP contribution < -0.4 is 0 Å². The molecule has 0 aromatic heterocycles. The molecule has 0 N–H and O–H groups in total. The first kappa shape index (κ1) is 11.7. The van der Waals surface area contributed by atoms with Crippen molar-refractivity contribution >= 4 is 15.9 Å². The Balaban J connectivity index is 1.70. The zero-order valence-corrected chi connectivity index (χ0v) is 11.0. The number of hydrogen-bond acceptors (Lipinski definition) is 3. The van der Waals surface area contributed by atoms with Crippen molar-refractivity contribution in [3.8, 4) is 0 Å². The van der Waals surface area contributed by atoms with E-state index in [1.807, 2.05) is 30.3 Å². The second kappa shape index (κ2) is 5.06. The molecule has 4 heteroatoms. The standard InChI is InChI=1S/C13H15BrO3/c14-10-6-11-12(15-7-10)8-16-13(17-11)9-4-2-1-3-5-9/h1-5,10-13H,6-8H2/t10-,11+,12+,13?/m0/s1. The van der Waals surface area contributed by atoms with E-state index in [2.05, 4.69) is 15.9 Å². The van der Waals surface area contributed by atoms with Crippen LogP contribution in [0, 0.1) is 0 Å². The van der Waals surface area contributed by atoms with Crippen LogP contribution in [-0.4, -0.2) is 30.2 Å². The van der Waals surface area contributed by atoms with E-state index in [-0.39, 0.29) is 18.5 Å². The van der Waals surface area contributed by atoms with Crippen molar-refractivity contribution in [1.29, 1.82) is 0 Å². The quantitative estimate of drug-likeness (QED) is 0.746. The topological polar surface area (TPSA) is 27.7 Å². The minimum atomic E-state index is -0.251. The lowest BCUT2D eigenvalue weighted by atomic mass is 10.0. The Morgan fingerprint density at radius 1 is 1.00 bits per heavy atom. The van der Waals surface area contributed by atoms with Crippen molar-refractivity contribution in [3.63, 3.8) is 0 Å². The molecule has 2 aliphatic rings. The molecule has 2 fully saturated rings. The molecular weight excluding hydrogens is 284 g/mol. The summed E-state index contributed by atoms with van der Waals surface area (Å²) in [5.74, 6) is 0. The fourth-order valence-electron chi connectivity index (χ4n) is 2.27.